The van der Waals surface area contributed by atoms with Crippen LogP contribution in [0.4, 0.5) is 0 Å². The Morgan fingerprint density at radius 2 is 2.04 bits per heavy atom. The van der Waals surface area contributed by atoms with Crippen molar-refractivity contribution in [3.63, 3.8) is 0 Å². The highest BCUT2D eigenvalue weighted by Gasteiger charge is 2.34. The van der Waals surface area contributed by atoms with Crippen molar-refractivity contribution in [1.82, 2.24) is 10.2 Å². The second kappa shape index (κ2) is 7.32. The lowest BCUT2D eigenvalue weighted by molar-refractivity contribution is -0.132. The first-order chi connectivity index (χ1) is 10.8. The molecule has 126 valence electrons. The van der Waals surface area contributed by atoms with Crippen LogP contribution >= 0.6 is 11.6 Å². The van der Waals surface area contributed by atoms with Crippen molar-refractivity contribution in [2.75, 3.05) is 19.6 Å². The van der Waals surface area contributed by atoms with Gasteiger partial charge in [-0.25, -0.2) is 0 Å². The molecule has 0 saturated carbocycles. The predicted molar refractivity (Wildman–Crippen MR) is 91.0 cm³/mol. The Bertz CT molecular complexity index is 585. The number of nitrogens with zero attached hydrogens (tertiary/aromatic N) is 1. The summed E-state index contributed by atoms with van der Waals surface area (Å²) in [5, 5.41) is 3.54. The number of nitrogens with two attached hydrogens (primary N) is 1. The molecular weight excluding hydrogens is 314 g/mol. The zero-order valence-corrected chi connectivity index (χ0v) is 14.4. The van der Waals surface area contributed by atoms with Gasteiger partial charge >= 0.3 is 0 Å². The first-order valence-electron chi connectivity index (χ1n) is 7.91. The number of hydrogen-bond donors (Lipinski definition) is 2. The molecule has 1 aliphatic heterocycles. The van der Waals surface area contributed by atoms with E-state index in [0.29, 0.717) is 16.5 Å². The van der Waals surface area contributed by atoms with E-state index in [9.17, 15) is 9.59 Å². The molecule has 3 N–H and O–H groups in total. The van der Waals surface area contributed by atoms with Gasteiger partial charge in [-0.2, -0.15) is 0 Å². The number of halogens is 1. The van der Waals surface area contributed by atoms with E-state index in [1.165, 1.54) is 0 Å². The molecule has 6 heteroatoms. The first-order valence-corrected chi connectivity index (χ1v) is 8.29. The van der Waals surface area contributed by atoms with Crippen molar-refractivity contribution < 1.29 is 9.59 Å². The maximum Gasteiger partial charge on any atom is 0.242 e. The molecule has 1 unspecified atom stereocenters. The molecule has 1 aliphatic rings. The number of nitrogens with one attached hydrogen (secondary N) is 1. The Hall–Kier alpha value is -1.59. The molecule has 0 aliphatic carbocycles. The van der Waals surface area contributed by atoms with Crippen molar-refractivity contribution in [3.05, 3.63) is 34.9 Å². The average molecular weight is 338 g/mol. The van der Waals surface area contributed by atoms with Gasteiger partial charge in [-0.05, 0) is 43.4 Å². The number of carbonyl (C=O) groups excluding carboxylic acids is 2. The van der Waals surface area contributed by atoms with E-state index in [4.69, 9.17) is 17.3 Å². The summed E-state index contributed by atoms with van der Waals surface area (Å²) in [7, 11) is 0. The van der Waals surface area contributed by atoms with Gasteiger partial charge in [0.25, 0.3) is 0 Å². The van der Waals surface area contributed by atoms with Gasteiger partial charge in [-0.1, -0.05) is 30.7 Å². The van der Waals surface area contributed by atoms with Gasteiger partial charge in [0.1, 0.15) is 5.54 Å². The smallest absolute Gasteiger partial charge is 0.242 e. The average Bonchev–Trinajstić information content (AvgIpc) is 2.52. The lowest BCUT2D eigenvalue weighted by atomic mass is 9.91. The van der Waals surface area contributed by atoms with Crippen LogP contribution in [0.1, 0.15) is 32.3 Å². The Morgan fingerprint density at radius 1 is 1.39 bits per heavy atom. The standard InChI is InChI=1S/C17H24ClN3O2/c1-12-6-8-21(9-7-12)15(22)11-20-17(2,16(19)23)13-4-3-5-14(18)10-13/h3-5,10,12,20H,6-9,11H2,1-2H3,(H2,19,23). The summed E-state index contributed by atoms with van der Waals surface area (Å²) in [6.45, 7) is 5.48. The number of rotatable bonds is 5. The number of amides is 2. The lowest BCUT2D eigenvalue weighted by Gasteiger charge is -2.33. The normalized spacial score (nSPS) is 18.5. The van der Waals surface area contributed by atoms with Gasteiger partial charge in [0.15, 0.2) is 0 Å². The van der Waals surface area contributed by atoms with Crippen molar-refractivity contribution in [2.24, 2.45) is 11.7 Å². The number of primary amides is 1. The fraction of sp³-hybridized carbons (Fsp3) is 0.529. The molecule has 0 aromatic heterocycles. The molecule has 0 spiro atoms. The molecule has 23 heavy (non-hydrogen) atoms. The zero-order valence-electron chi connectivity index (χ0n) is 13.6. The molecule has 5 nitrogen and oxygen atoms in total. The molecule has 1 atom stereocenters. The highest BCUT2D eigenvalue weighted by atomic mass is 35.5. The molecule has 1 aromatic carbocycles. The van der Waals surface area contributed by atoms with Crippen LogP contribution in [0.5, 0.6) is 0 Å². The molecule has 2 rings (SSSR count). The van der Waals surface area contributed by atoms with Crippen LogP contribution in [-0.2, 0) is 15.1 Å². The van der Waals surface area contributed by atoms with Crippen LogP contribution in [0.3, 0.4) is 0 Å². The number of piperidine rings is 1. The fourth-order valence-corrected chi connectivity index (χ4v) is 2.94. The molecular formula is C17H24ClN3O2. The fourth-order valence-electron chi connectivity index (χ4n) is 2.75. The summed E-state index contributed by atoms with van der Waals surface area (Å²) >= 11 is 6.00. The Balaban J connectivity index is 2.05. The van der Waals surface area contributed by atoms with Crippen LogP contribution in [-0.4, -0.2) is 36.3 Å². The summed E-state index contributed by atoms with van der Waals surface area (Å²) < 4.78 is 0. The highest BCUT2D eigenvalue weighted by molar-refractivity contribution is 6.30. The van der Waals surface area contributed by atoms with Crippen LogP contribution in [0.25, 0.3) is 0 Å². The summed E-state index contributed by atoms with van der Waals surface area (Å²) in [5.74, 6) is 0.112. The summed E-state index contributed by atoms with van der Waals surface area (Å²) in [5.41, 5.74) is 5.08. The largest absolute Gasteiger partial charge is 0.368 e. The van der Waals surface area contributed by atoms with E-state index in [1.807, 2.05) is 4.90 Å². The van der Waals surface area contributed by atoms with Gasteiger partial charge in [-0.15, -0.1) is 0 Å². The second-order valence-corrected chi connectivity index (χ2v) is 6.85. The minimum atomic E-state index is -1.14. The molecule has 1 saturated heterocycles. The lowest BCUT2D eigenvalue weighted by Crippen LogP contribution is -2.54. The third kappa shape index (κ3) is 4.24. The maximum atomic E-state index is 12.4. The molecule has 1 aromatic rings. The predicted octanol–water partition coefficient (Wildman–Crippen LogP) is 1.89. The van der Waals surface area contributed by atoms with E-state index in [1.54, 1.807) is 31.2 Å². The van der Waals surface area contributed by atoms with Gasteiger partial charge < -0.3 is 10.6 Å². The first kappa shape index (κ1) is 17.8. The minimum Gasteiger partial charge on any atom is -0.368 e. The van der Waals surface area contributed by atoms with Crippen LogP contribution in [0, 0.1) is 5.92 Å². The zero-order chi connectivity index (χ0) is 17.0. The van der Waals surface area contributed by atoms with E-state index in [0.717, 1.165) is 25.9 Å². The third-order valence-corrected chi connectivity index (χ3v) is 4.86. The van der Waals surface area contributed by atoms with Crippen molar-refractivity contribution in [1.29, 1.82) is 0 Å². The van der Waals surface area contributed by atoms with Crippen molar-refractivity contribution >= 4 is 23.4 Å². The monoisotopic (exact) mass is 337 g/mol. The minimum absolute atomic E-state index is 0.00796. The number of benzene rings is 1. The molecule has 1 fully saturated rings. The SMILES string of the molecule is CC1CCN(C(=O)CNC(C)(C(N)=O)c2cccc(Cl)c2)CC1. The molecule has 1 heterocycles. The Kier molecular flexibility index (Phi) is 5.65. The van der Waals surface area contributed by atoms with E-state index < -0.39 is 11.4 Å². The van der Waals surface area contributed by atoms with Crippen LogP contribution in [0.2, 0.25) is 5.02 Å². The molecule has 0 radical (unpaired) electrons. The van der Waals surface area contributed by atoms with Crippen molar-refractivity contribution in [2.45, 2.75) is 32.2 Å². The van der Waals surface area contributed by atoms with Crippen LogP contribution in [0.15, 0.2) is 24.3 Å². The maximum absolute atomic E-state index is 12.4. The summed E-state index contributed by atoms with van der Waals surface area (Å²) in [6, 6.07) is 6.95. The van der Waals surface area contributed by atoms with E-state index >= 15 is 0 Å². The quantitative estimate of drug-likeness (QED) is 0.861. The second-order valence-electron chi connectivity index (χ2n) is 6.42. The highest BCUT2D eigenvalue weighted by Crippen LogP contribution is 2.23. The topological polar surface area (TPSA) is 75.4 Å². The van der Waals surface area contributed by atoms with E-state index in [-0.39, 0.29) is 12.5 Å². The summed E-state index contributed by atoms with van der Waals surface area (Å²) in [6.07, 6.45) is 2.04. The van der Waals surface area contributed by atoms with Gasteiger partial charge in [0.05, 0.1) is 6.54 Å². The number of likely N-dealkylation sites (tertiary alicyclic amines) is 1. The third-order valence-electron chi connectivity index (χ3n) is 4.62. The number of hydrogen-bond acceptors (Lipinski definition) is 3. The Labute approximate surface area is 142 Å². The summed E-state index contributed by atoms with van der Waals surface area (Å²) in [4.78, 5) is 26.2. The molecule has 2 amide bonds. The van der Waals surface area contributed by atoms with Gasteiger partial charge in [0, 0.05) is 18.1 Å². The molecule has 0 bridgehead atoms. The van der Waals surface area contributed by atoms with Crippen LogP contribution < -0.4 is 11.1 Å². The number of carbonyl (C=O) groups is 2. The Morgan fingerprint density at radius 3 is 2.61 bits per heavy atom. The van der Waals surface area contributed by atoms with E-state index in [2.05, 4.69) is 12.2 Å². The van der Waals surface area contributed by atoms with Crippen molar-refractivity contribution in [3.8, 4) is 0 Å². The van der Waals surface area contributed by atoms with Gasteiger partial charge in [0.2, 0.25) is 11.8 Å². The van der Waals surface area contributed by atoms with Gasteiger partial charge in [-0.3, -0.25) is 14.9 Å².